The van der Waals surface area contributed by atoms with Gasteiger partial charge in [-0.1, -0.05) is 35.2 Å². The van der Waals surface area contributed by atoms with Gasteiger partial charge < -0.3 is 10.6 Å². The number of anilines is 2. The Balaban J connectivity index is 1.89. The van der Waals surface area contributed by atoms with E-state index >= 15 is 0 Å². The summed E-state index contributed by atoms with van der Waals surface area (Å²) in [7, 11) is 1.79. The third-order valence-corrected chi connectivity index (χ3v) is 5.20. The first-order valence-electron chi connectivity index (χ1n) is 5.80. The molecule has 1 aromatic carbocycles. The number of benzene rings is 1. The molecule has 0 saturated carbocycles. The van der Waals surface area contributed by atoms with E-state index in [1.807, 2.05) is 30.5 Å². The van der Waals surface area contributed by atoms with E-state index in [4.69, 9.17) is 0 Å². The highest BCUT2D eigenvalue weighted by atomic mass is 32.2. The number of nitrogens with zero attached hydrogens (tertiary/aromatic N) is 2. The van der Waals surface area contributed by atoms with Crippen molar-refractivity contribution in [1.29, 1.82) is 0 Å². The normalized spacial score (nSPS) is 10.3. The van der Waals surface area contributed by atoms with Crippen LogP contribution in [-0.4, -0.2) is 35.2 Å². The molecule has 8 heteroatoms. The Kier molecular flexibility index (Phi) is 5.69. The SMILES string of the molecule is CNc1nnc(SCC(=O)Nc2ccccc2SC)s1. The lowest BCUT2D eigenvalue weighted by Gasteiger charge is -2.08. The molecule has 20 heavy (non-hydrogen) atoms. The first-order chi connectivity index (χ1) is 9.72. The van der Waals surface area contributed by atoms with Gasteiger partial charge in [0.1, 0.15) is 0 Å². The van der Waals surface area contributed by atoms with Gasteiger partial charge in [-0.2, -0.15) is 0 Å². The molecule has 0 unspecified atom stereocenters. The molecule has 2 N–H and O–H groups in total. The lowest BCUT2D eigenvalue weighted by molar-refractivity contribution is -0.113. The number of aromatic nitrogens is 2. The maximum atomic E-state index is 11.9. The standard InChI is InChI=1S/C12H14N4OS3/c1-13-11-15-16-12(20-11)19-7-10(17)14-8-5-3-4-6-9(8)18-2/h3-6H,7H2,1-2H3,(H,13,15)(H,14,17). The summed E-state index contributed by atoms with van der Waals surface area (Å²) in [5.74, 6) is 0.277. The predicted molar refractivity (Wildman–Crippen MR) is 87.0 cm³/mol. The smallest absolute Gasteiger partial charge is 0.234 e. The summed E-state index contributed by atoms with van der Waals surface area (Å²) in [6.07, 6.45) is 1.99. The number of nitrogens with one attached hydrogen (secondary N) is 2. The van der Waals surface area contributed by atoms with E-state index in [0.717, 1.165) is 20.1 Å². The van der Waals surface area contributed by atoms with Crippen molar-refractivity contribution in [3.8, 4) is 0 Å². The Morgan fingerprint density at radius 1 is 1.35 bits per heavy atom. The molecule has 1 heterocycles. The number of hydrogen-bond donors (Lipinski definition) is 2. The molecule has 0 bridgehead atoms. The zero-order chi connectivity index (χ0) is 14.4. The number of carbonyl (C=O) groups is 1. The Morgan fingerprint density at radius 3 is 2.85 bits per heavy atom. The van der Waals surface area contributed by atoms with E-state index in [2.05, 4.69) is 20.8 Å². The minimum absolute atomic E-state index is 0.0438. The summed E-state index contributed by atoms with van der Waals surface area (Å²) in [5, 5.41) is 14.5. The van der Waals surface area contributed by atoms with E-state index in [0.29, 0.717) is 5.75 Å². The van der Waals surface area contributed by atoms with Crippen LogP contribution in [0.3, 0.4) is 0 Å². The Hall–Kier alpha value is -1.25. The van der Waals surface area contributed by atoms with E-state index in [1.165, 1.54) is 23.1 Å². The maximum absolute atomic E-state index is 11.9. The predicted octanol–water partition coefficient (Wildman–Crippen LogP) is 3.03. The molecule has 0 radical (unpaired) electrons. The third kappa shape index (κ3) is 4.12. The van der Waals surface area contributed by atoms with Gasteiger partial charge in [0.05, 0.1) is 11.4 Å². The third-order valence-electron chi connectivity index (χ3n) is 2.33. The Morgan fingerprint density at radius 2 is 2.15 bits per heavy atom. The van der Waals surface area contributed by atoms with Crippen molar-refractivity contribution in [3.05, 3.63) is 24.3 Å². The molecular formula is C12H14N4OS3. The van der Waals surface area contributed by atoms with Gasteiger partial charge in [0, 0.05) is 11.9 Å². The number of para-hydroxylation sites is 1. The van der Waals surface area contributed by atoms with Crippen LogP contribution in [0.25, 0.3) is 0 Å². The van der Waals surface area contributed by atoms with Gasteiger partial charge in [-0.05, 0) is 18.4 Å². The second kappa shape index (κ2) is 7.51. The molecule has 1 amide bonds. The van der Waals surface area contributed by atoms with Gasteiger partial charge in [0.25, 0.3) is 0 Å². The van der Waals surface area contributed by atoms with Crippen LogP contribution < -0.4 is 10.6 Å². The van der Waals surface area contributed by atoms with Gasteiger partial charge in [-0.3, -0.25) is 4.79 Å². The van der Waals surface area contributed by atoms with Crippen LogP contribution in [0.15, 0.2) is 33.5 Å². The molecule has 106 valence electrons. The number of hydrogen-bond acceptors (Lipinski definition) is 7. The van der Waals surface area contributed by atoms with Crippen LogP contribution in [0.1, 0.15) is 0 Å². The monoisotopic (exact) mass is 326 g/mol. The second-order valence-corrected chi connectivity index (χ2v) is 6.71. The average Bonchev–Trinajstić information content (AvgIpc) is 2.94. The highest BCUT2D eigenvalue weighted by Crippen LogP contribution is 2.27. The molecular weight excluding hydrogens is 312 g/mol. The Bertz CT molecular complexity index is 588. The van der Waals surface area contributed by atoms with E-state index < -0.39 is 0 Å². The summed E-state index contributed by atoms with van der Waals surface area (Å²) in [4.78, 5) is 13.0. The van der Waals surface area contributed by atoms with Crippen molar-refractivity contribution in [3.63, 3.8) is 0 Å². The van der Waals surface area contributed by atoms with Crippen molar-refractivity contribution in [1.82, 2.24) is 10.2 Å². The number of thioether (sulfide) groups is 2. The largest absolute Gasteiger partial charge is 0.363 e. The van der Waals surface area contributed by atoms with Gasteiger partial charge in [-0.25, -0.2) is 0 Å². The van der Waals surface area contributed by atoms with Crippen molar-refractivity contribution in [2.75, 3.05) is 29.7 Å². The number of amides is 1. The summed E-state index contributed by atoms with van der Waals surface area (Å²) in [6.45, 7) is 0. The molecule has 2 aromatic rings. The summed E-state index contributed by atoms with van der Waals surface area (Å²) in [5.41, 5.74) is 0.846. The molecule has 0 aliphatic heterocycles. The molecule has 0 fully saturated rings. The van der Waals surface area contributed by atoms with E-state index in [9.17, 15) is 4.79 Å². The zero-order valence-corrected chi connectivity index (χ0v) is 13.5. The highest BCUT2D eigenvalue weighted by Gasteiger charge is 2.09. The average molecular weight is 326 g/mol. The number of carbonyl (C=O) groups excluding carboxylic acids is 1. The lowest BCUT2D eigenvalue weighted by Crippen LogP contribution is -2.14. The fourth-order valence-electron chi connectivity index (χ4n) is 1.43. The van der Waals surface area contributed by atoms with E-state index in [1.54, 1.807) is 18.8 Å². The molecule has 1 aromatic heterocycles. The number of rotatable bonds is 6. The van der Waals surface area contributed by atoms with Crippen LogP contribution in [0, 0.1) is 0 Å². The highest BCUT2D eigenvalue weighted by molar-refractivity contribution is 8.01. The van der Waals surface area contributed by atoms with Crippen LogP contribution >= 0.6 is 34.9 Å². The quantitative estimate of drug-likeness (QED) is 0.795. The first kappa shape index (κ1) is 15.1. The van der Waals surface area contributed by atoms with Gasteiger partial charge in [0.2, 0.25) is 11.0 Å². The molecule has 0 aliphatic rings. The minimum atomic E-state index is -0.0438. The zero-order valence-electron chi connectivity index (χ0n) is 11.0. The molecule has 0 atom stereocenters. The molecule has 2 rings (SSSR count). The van der Waals surface area contributed by atoms with Crippen molar-refractivity contribution in [2.24, 2.45) is 0 Å². The molecule has 0 aliphatic carbocycles. The molecule has 5 nitrogen and oxygen atoms in total. The van der Waals surface area contributed by atoms with Gasteiger partial charge in [-0.15, -0.1) is 22.0 Å². The van der Waals surface area contributed by atoms with Crippen molar-refractivity contribution in [2.45, 2.75) is 9.24 Å². The summed E-state index contributed by atoms with van der Waals surface area (Å²) < 4.78 is 0.780. The van der Waals surface area contributed by atoms with E-state index in [-0.39, 0.29) is 5.91 Å². The van der Waals surface area contributed by atoms with Gasteiger partial charge in [0.15, 0.2) is 4.34 Å². The summed E-state index contributed by atoms with van der Waals surface area (Å²) in [6, 6.07) is 7.75. The van der Waals surface area contributed by atoms with Crippen molar-refractivity contribution < 1.29 is 4.79 Å². The topological polar surface area (TPSA) is 66.9 Å². The second-order valence-electron chi connectivity index (χ2n) is 3.66. The van der Waals surface area contributed by atoms with Crippen molar-refractivity contribution >= 4 is 51.6 Å². The summed E-state index contributed by atoms with van der Waals surface area (Å²) >= 11 is 4.43. The first-order valence-corrected chi connectivity index (χ1v) is 8.82. The fraction of sp³-hybridized carbons (Fsp3) is 0.250. The molecule has 0 saturated heterocycles. The minimum Gasteiger partial charge on any atom is -0.363 e. The van der Waals surface area contributed by atoms with Crippen LogP contribution in [0.4, 0.5) is 10.8 Å². The lowest BCUT2D eigenvalue weighted by atomic mass is 10.3. The van der Waals surface area contributed by atoms with Gasteiger partial charge >= 0.3 is 0 Å². The van der Waals surface area contributed by atoms with Crippen LogP contribution in [0.5, 0.6) is 0 Å². The fourth-order valence-corrected chi connectivity index (χ4v) is 3.49. The molecule has 0 spiro atoms. The van der Waals surface area contributed by atoms with Crippen LogP contribution in [-0.2, 0) is 4.79 Å². The maximum Gasteiger partial charge on any atom is 0.234 e. The van der Waals surface area contributed by atoms with Crippen LogP contribution in [0.2, 0.25) is 0 Å². The Labute approximate surface area is 130 Å².